The van der Waals surface area contributed by atoms with E-state index >= 15 is 0 Å². The zero-order chi connectivity index (χ0) is 16.9. The van der Waals surface area contributed by atoms with Gasteiger partial charge in [0.1, 0.15) is 5.82 Å². The first-order valence-electron chi connectivity index (χ1n) is 8.53. The van der Waals surface area contributed by atoms with Crippen LogP contribution in [0.4, 0.5) is 4.39 Å². The fraction of sp³-hybridized carbons (Fsp3) is 0.474. The standard InChI is InChI=1S/C19H23FN2OS/c1-14-21-18(13-24-14)3-2-4-19(23)22-10-9-16(12-22)11-15-5-7-17(20)8-6-15/h5-8,13,16H,2-4,9-12H2,1H3. The summed E-state index contributed by atoms with van der Waals surface area (Å²) in [5, 5.41) is 3.16. The molecule has 0 spiro atoms. The highest BCUT2D eigenvalue weighted by atomic mass is 32.1. The fourth-order valence-corrected chi connectivity index (χ4v) is 3.93. The van der Waals surface area contributed by atoms with E-state index in [0.717, 1.165) is 55.0 Å². The second-order valence-corrected chi connectivity index (χ2v) is 7.60. The zero-order valence-corrected chi connectivity index (χ0v) is 14.8. The van der Waals surface area contributed by atoms with Crippen LogP contribution in [-0.2, 0) is 17.6 Å². The van der Waals surface area contributed by atoms with Crippen LogP contribution in [0.2, 0.25) is 0 Å². The van der Waals surface area contributed by atoms with E-state index in [-0.39, 0.29) is 11.7 Å². The summed E-state index contributed by atoms with van der Waals surface area (Å²) < 4.78 is 13.0. The third-order valence-electron chi connectivity index (χ3n) is 4.57. The lowest BCUT2D eigenvalue weighted by Crippen LogP contribution is -2.28. The molecule has 128 valence electrons. The van der Waals surface area contributed by atoms with E-state index in [2.05, 4.69) is 10.4 Å². The van der Waals surface area contributed by atoms with E-state index in [4.69, 9.17) is 0 Å². The Morgan fingerprint density at radius 3 is 2.88 bits per heavy atom. The van der Waals surface area contributed by atoms with Crippen LogP contribution in [0.5, 0.6) is 0 Å². The number of rotatable bonds is 6. The van der Waals surface area contributed by atoms with Gasteiger partial charge in [0.25, 0.3) is 0 Å². The van der Waals surface area contributed by atoms with Crippen LogP contribution in [0.25, 0.3) is 0 Å². The first kappa shape index (κ1) is 17.1. The second kappa shape index (κ2) is 7.88. The van der Waals surface area contributed by atoms with E-state index in [1.54, 1.807) is 11.3 Å². The minimum atomic E-state index is -0.197. The Morgan fingerprint density at radius 2 is 2.17 bits per heavy atom. The predicted octanol–water partition coefficient (Wildman–Crippen LogP) is 4.00. The SMILES string of the molecule is Cc1nc(CCCC(=O)N2CCC(Cc3ccc(F)cc3)C2)cs1. The van der Waals surface area contributed by atoms with Gasteiger partial charge in [-0.2, -0.15) is 0 Å². The number of hydrogen-bond acceptors (Lipinski definition) is 3. The summed E-state index contributed by atoms with van der Waals surface area (Å²) in [6.45, 7) is 3.68. The Hall–Kier alpha value is -1.75. The molecule has 1 aliphatic heterocycles. The summed E-state index contributed by atoms with van der Waals surface area (Å²) >= 11 is 1.66. The van der Waals surface area contributed by atoms with Crippen molar-refractivity contribution in [3.05, 3.63) is 51.7 Å². The van der Waals surface area contributed by atoms with Crippen LogP contribution < -0.4 is 0 Å². The van der Waals surface area contributed by atoms with E-state index in [9.17, 15) is 9.18 Å². The summed E-state index contributed by atoms with van der Waals surface area (Å²) in [4.78, 5) is 18.8. The van der Waals surface area contributed by atoms with Crippen molar-refractivity contribution in [3.63, 3.8) is 0 Å². The lowest BCUT2D eigenvalue weighted by atomic mass is 9.99. The van der Waals surface area contributed by atoms with Crippen LogP contribution in [0.3, 0.4) is 0 Å². The van der Waals surface area contributed by atoms with Crippen molar-refractivity contribution in [2.45, 2.75) is 39.0 Å². The summed E-state index contributed by atoms with van der Waals surface area (Å²) in [5.41, 5.74) is 2.25. The van der Waals surface area contributed by atoms with Crippen LogP contribution in [0.15, 0.2) is 29.6 Å². The van der Waals surface area contributed by atoms with Gasteiger partial charge in [-0.1, -0.05) is 12.1 Å². The normalized spacial score (nSPS) is 17.4. The molecule has 1 aliphatic rings. The summed E-state index contributed by atoms with van der Waals surface area (Å²) in [6, 6.07) is 6.70. The van der Waals surface area contributed by atoms with E-state index < -0.39 is 0 Å². The molecule has 1 amide bonds. The summed E-state index contributed by atoms with van der Waals surface area (Å²) in [5.74, 6) is 0.543. The van der Waals surface area contributed by atoms with E-state index in [1.807, 2.05) is 24.0 Å². The lowest BCUT2D eigenvalue weighted by Gasteiger charge is -2.16. The Kier molecular flexibility index (Phi) is 5.61. The summed E-state index contributed by atoms with van der Waals surface area (Å²) in [6.07, 6.45) is 4.29. The molecule has 1 unspecified atom stereocenters. The molecule has 0 N–H and O–H groups in total. The molecule has 3 nitrogen and oxygen atoms in total. The molecule has 24 heavy (non-hydrogen) atoms. The molecule has 0 bridgehead atoms. The Labute approximate surface area is 146 Å². The van der Waals surface area contributed by atoms with Crippen LogP contribution in [0, 0.1) is 18.7 Å². The molecule has 0 aliphatic carbocycles. The lowest BCUT2D eigenvalue weighted by molar-refractivity contribution is -0.130. The molecular weight excluding hydrogens is 323 g/mol. The number of thiazole rings is 1. The van der Waals surface area contributed by atoms with Gasteiger partial charge in [-0.05, 0) is 56.2 Å². The number of carbonyl (C=O) groups is 1. The zero-order valence-electron chi connectivity index (χ0n) is 14.0. The monoisotopic (exact) mass is 346 g/mol. The second-order valence-electron chi connectivity index (χ2n) is 6.54. The molecule has 2 aromatic rings. The molecule has 5 heteroatoms. The van der Waals surface area contributed by atoms with Gasteiger partial charge >= 0.3 is 0 Å². The fourth-order valence-electron chi connectivity index (χ4n) is 3.28. The highest BCUT2D eigenvalue weighted by Gasteiger charge is 2.25. The van der Waals surface area contributed by atoms with Crippen molar-refractivity contribution in [1.29, 1.82) is 0 Å². The van der Waals surface area contributed by atoms with Gasteiger partial charge in [0.05, 0.1) is 10.7 Å². The molecular formula is C19H23FN2OS. The van der Waals surface area contributed by atoms with Gasteiger partial charge in [0.15, 0.2) is 0 Å². The van der Waals surface area contributed by atoms with Gasteiger partial charge in [0, 0.05) is 24.9 Å². The van der Waals surface area contributed by atoms with Crippen molar-refractivity contribution in [3.8, 4) is 0 Å². The molecule has 1 atom stereocenters. The van der Waals surface area contributed by atoms with Crippen molar-refractivity contribution in [2.24, 2.45) is 5.92 Å². The van der Waals surface area contributed by atoms with Crippen molar-refractivity contribution >= 4 is 17.2 Å². The first-order valence-corrected chi connectivity index (χ1v) is 9.41. The van der Waals surface area contributed by atoms with Gasteiger partial charge < -0.3 is 4.90 Å². The van der Waals surface area contributed by atoms with E-state index in [1.165, 1.54) is 12.1 Å². The highest BCUT2D eigenvalue weighted by Crippen LogP contribution is 2.22. The predicted molar refractivity (Wildman–Crippen MR) is 94.6 cm³/mol. The van der Waals surface area contributed by atoms with Gasteiger partial charge in [-0.3, -0.25) is 4.79 Å². The minimum absolute atomic E-state index is 0.197. The van der Waals surface area contributed by atoms with Crippen LogP contribution in [-0.4, -0.2) is 28.9 Å². The number of halogens is 1. The molecule has 3 rings (SSSR count). The van der Waals surface area contributed by atoms with Crippen LogP contribution in [0.1, 0.15) is 35.5 Å². The van der Waals surface area contributed by atoms with Gasteiger partial charge in [-0.15, -0.1) is 11.3 Å². The van der Waals surface area contributed by atoms with Gasteiger partial charge in [0.2, 0.25) is 5.91 Å². The van der Waals surface area contributed by atoms with Gasteiger partial charge in [-0.25, -0.2) is 9.37 Å². The smallest absolute Gasteiger partial charge is 0.222 e. The molecule has 1 aromatic heterocycles. The third kappa shape index (κ3) is 4.63. The maximum absolute atomic E-state index is 13.0. The topological polar surface area (TPSA) is 33.2 Å². The average molecular weight is 346 g/mol. The first-order chi connectivity index (χ1) is 11.6. The minimum Gasteiger partial charge on any atom is -0.342 e. The molecule has 0 radical (unpaired) electrons. The molecule has 0 saturated carbocycles. The molecule has 1 fully saturated rings. The third-order valence-corrected chi connectivity index (χ3v) is 5.39. The highest BCUT2D eigenvalue weighted by molar-refractivity contribution is 7.09. The number of benzene rings is 1. The van der Waals surface area contributed by atoms with E-state index in [0.29, 0.717) is 12.3 Å². The van der Waals surface area contributed by atoms with Crippen molar-refractivity contribution in [2.75, 3.05) is 13.1 Å². The van der Waals surface area contributed by atoms with Crippen molar-refractivity contribution in [1.82, 2.24) is 9.88 Å². The molecule has 1 aromatic carbocycles. The number of aromatic nitrogens is 1. The molecule has 2 heterocycles. The maximum Gasteiger partial charge on any atom is 0.222 e. The quantitative estimate of drug-likeness (QED) is 0.792. The largest absolute Gasteiger partial charge is 0.342 e. The van der Waals surface area contributed by atoms with Crippen LogP contribution >= 0.6 is 11.3 Å². The number of carbonyl (C=O) groups excluding carboxylic acids is 1. The Balaban J connectivity index is 1.41. The maximum atomic E-state index is 13.0. The van der Waals surface area contributed by atoms with Crippen molar-refractivity contribution < 1.29 is 9.18 Å². The Bertz CT molecular complexity index is 683. The Morgan fingerprint density at radius 1 is 1.38 bits per heavy atom. The number of likely N-dealkylation sites (tertiary alicyclic amines) is 1. The number of hydrogen-bond donors (Lipinski definition) is 0. The number of aryl methyl sites for hydroxylation is 2. The average Bonchev–Trinajstić information content (AvgIpc) is 3.19. The number of nitrogens with zero attached hydrogens (tertiary/aromatic N) is 2. The molecule has 1 saturated heterocycles. The number of amides is 1. The summed E-state index contributed by atoms with van der Waals surface area (Å²) in [7, 11) is 0.